The van der Waals surface area contributed by atoms with Crippen molar-refractivity contribution in [3.05, 3.63) is 69.9 Å². The molecular weight excluding hydrogens is 566 g/mol. The van der Waals surface area contributed by atoms with E-state index in [4.69, 9.17) is 57.1 Å². The Kier molecular flexibility index (Phi) is 33.0. The van der Waals surface area contributed by atoms with Crippen molar-refractivity contribution >= 4 is 35.8 Å². The second-order valence-electron chi connectivity index (χ2n) is 7.03. The smallest absolute Gasteiger partial charge is 0.297 e. The van der Waals surface area contributed by atoms with E-state index in [9.17, 15) is 4.79 Å². The number of rotatable bonds is 3. The van der Waals surface area contributed by atoms with E-state index < -0.39 is 5.91 Å². The highest BCUT2D eigenvalue weighted by molar-refractivity contribution is 5.85. The standard InChI is InChI=1S/C6H10N4.C6H6N4.C6H7N3.C3H4N2O.C2H6N2.CH4O.ClH/c2*1-4-9-3-5(2-7)6(8)10-4;1-8-6(4-7)5-9(2)3;1-5-2-3(4)6;1-2(3)4;1-2;/h3H,2,7H2,1H3,(H2,8,9,10);3H,1H3,(H2,8,9,10);5H,2-3H3;2H2,(H2,4,6);1H3,(H3,3,4);2H,1H3;1H/b;;6-5+;;;;. The van der Waals surface area contributed by atoms with Crippen LogP contribution < -0.4 is 28.7 Å². The third-order valence-corrected chi connectivity index (χ3v) is 3.15. The molecule has 1 amide bonds. The van der Waals surface area contributed by atoms with E-state index in [1.165, 1.54) is 19.3 Å². The molecular formula is C24H38ClN15O2. The quantitative estimate of drug-likeness (QED) is 0.107. The van der Waals surface area contributed by atoms with Gasteiger partial charge in [-0.1, -0.05) is 0 Å². The molecule has 0 aromatic carbocycles. The van der Waals surface area contributed by atoms with Crippen LogP contribution in [0.3, 0.4) is 0 Å². The Bertz CT molecular complexity index is 1250. The van der Waals surface area contributed by atoms with Crippen LogP contribution >= 0.6 is 12.4 Å². The van der Waals surface area contributed by atoms with Crippen LogP contribution in [-0.2, 0) is 11.3 Å². The maximum atomic E-state index is 9.61. The molecule has 0 fully saturated rings. The van der Waals surface area contributed by atoms with Gasteiger partial charge in [-0.25, -0.2) is 36.6 Å². The number of halogens is 1. The summed E-state index contributed by atoms with van der Waals surface area (Å²) in [4.78, 5) is 32.4. The fourth-order valence-corrected chi connectivity index (χ4v) is 1.65. The van der Waals surface area contributed by atoms with E-state index in [1.807, 2.05) is 6.07 Å². The Hall–Kier alpha value is -5.59. The summed E-state index contributed by atoms with van der Waals surface area (Å²) < 4.78 is 0. The Labute approximate surface area is 252 Å². The first-order valence-corrected chi connectivity index (χ1v) is 11.0. The van der Waals surface area contributed by atoms with Crippen molar-refractivity contribution in [1.82, 2.24) is 24.8 Å². The lowest BCUT2D eigenvalue weighted by atomic mass is 10.3. The summed E-state index contributed by atoms with van der Waals surface area (Å²) in [5.41, 5.74) is 26.7. The molecule has 17 nitrogen and oxygen atoms in total. The molecule has 2 rings (SSSR count). The number of amides is 1. The van der Waals surface area contributed by atoms with Gasteiger partial charge in [-0.2, -0.15) is 5.26 Å². The Balaban J connectivity index is -0.000000137. The molecule has 0 saturated carbocycles. The number of allylic oxidation sites excluding steroid dienone is 1. The molecule has 2 aromatic rings. The van der Waals surface area contributed by atoms with Crippen LogP contribution in [0.2, 0.25) is 0 Å². The number of nitrogens with two attached hydrogens (primary N) is 5. The number of aryl methyl sites for hydroxylation is 2. The van der Waals surface area contributed by atoms with Crippen molar-refractivity contribution in [2.24, 2.45) is 17.2 Å². The predicted octanol–water partition coefficient (Wildman–Crippen LogP) is 0.261. The van der Waals surface area contributed by atoms with Gasteiger partial charge in [0.2, 0.25) is 0 Å². The predicted molar refractivity (Wildman–Crippen MR) is 163 cm³/mol. The van der Waals surface area contributed by atoms with Crippen LogP contribution in [-0.4, -0.2) is 69.4 Å². The number of nitriles is 2. The van der Waals surface area contributed by atoms with Gasteiger partial charge in [0.05, 0.1) is 24.7 Å². The van der Waals surface area contributed by atoms with Gasteiger partial charge in [-0.15, -0.1) is 12.4 Å². The highest BCUT2D eigenvalue weighted by atomic mass is 35.5. The maximum Gasteiger partial charge on any atom is 0.297 e. The fraction of sp³-hybridized carbons (Fsp3) is 0.333. The number of nitrogens with one attached hydrogen (secondary N) is 1. The number of nitrogens with zero attached hydrogens (tertiary/aromatic N) is 9. The van der Waals surface area contributed by atoms with Crippen molar-refractivity contribution in [3.63, 3.8) is 0 Å². The van der Waals surface area contributed by atoms with Crippen molar-refractivity contribution in [2.75, 3.05) is 39.2 Å². The van der Waals surface area contributed by atoms with E-state index in [0.29, 0.717) is 29.6 Å². The number of amidine groups is 1. The van der Waals surface area contributed by atoms with Gasteiger partial charge in [0, 0.05) is 45.7 Å². The first-order chi connectivity index (χ1) is 19.2. The summed E-state index contributed by atoms with van der Waals surface area (Å²) in [6.45, 7) is 17.8. The molecule has 0 unspecified atom stereocenters. The molecule has 0 aliphatic carbocycles. The van der Waals surface area contributed by atoms with Gasteiger partial charge in [-0.3, -0.25) is 10.2 Å². The molecule has 0 bridgehead atoms. The Morgan fingerprint density at radius 3 is 1.79 bits per heavy atom. The first-order valence-electron chi connectivity index (χ1n) is 11.0. The van der Waals surface area contributed by atoms with E-state index in [0.717, 1.165) is 12.7 Å². The van der Waals surface area contributed by atoms with Gasteiger partial charge >= 0.3 is 0 Å². The fourth-order valence-electron chi connectivity index (χ4n) is 1.65. The maximum absolute atomic E-state index is 9.61. The molecule has 12 N–H and O–H groups in total. The molecule has 0 aliphatic heterocycles. The van der Waals surface area contributed by atoms with Gasteiger partial charge in [-0.05, 0) is 20.8 Å². The van der Waals surface area contributed by atoms with Gasteiger partial charge in [0.1, 0.15) is 34.9 Å². The third kappa shape index (κ3) is 30.6. The van der Waals surface area contributed by atoms with Crippen molar-refractivity contribution in [1.29, 1.82) is 15.9 Å². The zero-order valence-electron chi connectivity index (χ0n) is 24.3. The second-order valence-corrected chi connectivity index (χ2v) is 7.03. The molecule has 0 saturated heterocycles. The zero-order chi connectivity index (χ0) is 33.0. The monoisotopic (exact) mass is 603 g/mol. The Morgan fingerprint density at radius 1 is 1.10 bits per heavy atom. The number of hydrogen-bond donors (Lipinski definition) is 7. The number of carbonyl (C=O) groups excluding carboxylic acids is 1. The minimum atomic E-state index is -0.565. The highest BCUT2D eigenvalue weighted by Gasteiger charge is 1.98. The molecule has 0 spiro atoms. The number of carbonyl (C=O) groups is 1. The molecule has 2 heterocycles. The summed E-state index contributed by atoms with van der Waals surface area (Å²) in [5, 5.41) is 29.9. The summed E-state index contributed by atoms with van der Waals surface area (Å²) >= 11 is 0. The van der Waals surface area contributed by atoms with E-state index in [1.54, 1.807) is 45.1 Å². The average Bonchev–Trinajstić information content (AvgIpc) is 2.89. The van der Waals surface area contributed by atoms with Gasteiger partial charge in [0.25, 0.3) is 18.1 Å². The second kappa shape index (κ2) is 30.0. The van der Waals surface area contributed by atoms with Crippen LogP contribution in [0.15, 0.2) is 24.3 Å². The Morgan fingerprint density at radius 2 is 1.55 bits per heavy atom. The molecule has 18 heteroatoms. The number of anilines is 2. The number of primary amides is 1. The lowest BCUT2D eigenvalue weighted by Gasteiger charge is -2.01. The van der Waals surface area contributed by atoms with Crippen LogP contribution in [0.5, 0.6) is 0 Å². The number of nitrogen functional groups attached to an aromatic ring is 2. The summed E-state index contributed by atoms with van der Waals surface area (Å²) in [5.74, 6) is 1.58. The van der Waals surface area contributed by atoms with Crippen molar-refractivity contribution < 1.29 is 9.90 Å². The minimum absolute atomic E-state index is 0. The summed E-state index contributed by atoms with van der Waals surface area (Å²) in [6, 6.07) is 3.62. The summed E-state index contributed by atoms with van der Waals surface area (Å²) in [6.07, 6.45) is 4.54. The number of aliphatic hydroxyl groups excluding tert-OH is 1. The largest absolute Gasteiger partial charge is 0.400 e. The zero-order valence-corrected chi connectivity index (χ0v) is 25.1. The highest BCUT2D eigenvalue weighted by Crippen LogP contribution is 2.04. The number of aromatic nitrogens is 4. The van der Waals surface area contributed by atoms with Crippen LogP contribution in [0.4, 0.5) is 11.6 Å². The van der Waals surface area contributed by atoms with Crippen molar-refractivity contribution in [3.8, 4) is 12.1 Å². The van der Waals surface area contributed by atoms with Crippen LogP contribution in [0, 0.1) is 55.1 Å². The summed E-state index contributed by atoms with van der Waals surface area (Å²) in [7, 11) is 4.53. The lowest BCUT2D eigenvalue weighted by molar-refractivity contribution is -0.116. The molecule has 228 valence electrons. The number of hydrogen-bond acceptors (Lipinski definition) is 13. The van der Waals surface area contributed by atoms with E-state index >= 15 is 0 Å². The normalized spacial score (nSPS) is 8.14. The topological polar surface area (TPSA) is 302 Å². The van der Waals surface area contributed by atoms with Crippen LogP contribution in [0.1, 0.15) is 29.7 Å². The van der Waals surface area contributed by atoms with Crippen molar-refractivity contribution in [2.45, 2.75) is 27.3 Å². The molecule has 2 aromatic heterocycles. The van der Waals surface area contributed by atoms with Crippen LogP contribution in [0.25, 0.3) is 9.69 Å². The molecule has 0 atom stereocenters. The van der Waals surface area contributed by atoms with Gasteiger partial charge in [0.15, 0.2) is 0 Å². The van der Waals surface area contributed by atoms with E-state index in [-0.39, 0.29) is 36.3 Å². The third-order valence-electron chi connectivity index (χ3n) is 3.15. The number of aliphatic hydroxyl groups is 1. The average molecular weight is 604 g/mol. The SMILES string of the molecule is CC(=N)N.CO.Cc1ncc(C#N)c(N)n1.Cc1ncc(CN)c(N)n1.Cl.[C-]#[N+]/C(C#N)=C/N(C)C.[C-]#[N+]CC(N)=O. The first kappa shape index (κ1) is 46.3. The lowest BCUT2D eigenvalue weighted by Crippen LogP contribution is -2.12. The van der Waals surface area contributed by atoms with E-state index in [2.05, 4.69) is 35.4 Å². The van der Waals surface area contributed by atoms with Gasteiger partial charge < -0.3 is 43.5 Å². The molecule has 0 aliphatic rings. The molecule has 42 heavy (non-hydrogen) atoms. The minimum Gasteiger partial charge on any atom is -0.400 e. The molecule has 0 radical (unpaired) electrons.